The summed E-state index contributed by atoms with van der Waals surface area (Å²) in [6.45, 7) is 7.98. The third-order valence-electron chi connectivity index (χ3n) is 4.20. The molecule has 2 rings (SSSR count). The lowest BCUT2D eigenvalue weighted by Crippen LogP contribution is -2.54. The molecule has 1 aromatic rings. The molecule has 1 saturated heterocycles. The van der Waals surface area contributed by atoms with E-state index in [1.165, 1.54) is 17.7 Å². The molecule has 0 aliphatic carbocycles. The van der Waals surface area contributed by atoms with E-state index in [1.807, 2.05) is 0 Å². The van der Waals surface area contributed by atoms with Crippen molar-refractivity contribution in [3.05, 3.63) is 29.8 Å². The number of benzene rings is 1. The summed E-state index contributed by atoms with van der Waals surface area (Å²) in [5, 5.41) is 9.51. The number of nitrogens with zero attached hydrogens (tertiary/aromatic N) is 1. The van der Waals surface area contributed by atoms with Gasteiger partial charge in [-0.05, 0) is 45.7 Å². The van der Waals surface area contributed by atoms with E-state index in [-0.39, 0.29) is 12.1 Å². The quantitative estimate of drug-likeness (QED) is 0.849. The van der Waals surface area contributed by atoms with Crippen LogP contribution in [-0.2, 0) is 0 Å². The van der Waals surface area contributed by atoms with Crippen LogP contribution in [0.1, 0.15) is 32.3 Å². The second kappa shape index (κ2) is 4.69. The van der Waals surface area contributed by atoms with E-state index < -0.39 is 0 Å². The Morgan fingerprint density at radius 1 is 1.29 bits per heavy atom. The smallest absolute Gasteiger partial charge is 0.0481 e. The molecular formula is C15H23NO. The fourth-order valence-electron chi connectivity index (χ4n) is 2.86. The van der Waals surface area contributed by atoms with Crippen LogP contribution in [0, 0.1) is 12.8 Å². The maximum atomic E-state index is 9.51. The Balaban J connectivity index is 2.27. The van der Waals surface area contributed by atoms with Gasteiger partial charge in [0.05, 0.1) is 0 Å². The summed E-state index contributed by atoms with van der Waals surface area (Å²) in [5.41, 5.74) is 2.61. The zero-order chi connectivity index (χ0) is 12.5. The Kier molecular flexibility index (Phi) is 3.43. The van der Waals surface area contributed by atoms with E-state index in [4.69, 9.17) is 0 Å². The van der Waals surface area contributed by atoms with Crippen molar-refractivity contribution >= 4 is 5.69 Å². The summed E-state index contributed by atoms with van der Waals surface area (Å²) in [4.78, 5) is 2.44. The van der Waals surface area contributed by atoms with Crippen LogP contribution in [-0.4, -0.2) is 23.8 Å². The highest BCUT2D eigenvalue weighted by Crippen LogP contribution is 2.36. The lowest BCUT2D eigenvalue weighted by molar-refractivity contribution is 0.136. The lowest BCUT2D eigenvalue weighted by Gasteiger charge is -2.49. The number of rotatable bonds is 2. The molecule has 17 heavy (non-hydrogen) atoms. The molecule has 0 saturated carbocycles. The van der Waals surface area contributed by atoms with Gasteiger partial charge in [0.1, 0.15) is 0 Å². The summed E-state index contributed by atoms with van der Waals surface area (Å²) >= 11 is 0. The van der Waals surface area contributed by atoms with Crippen molar-refractivity contribution in [1.82, 2.24) is 0 Å². The predicted octanol–water partition coefficient (Wildman–Crippen LogP) is 2.98. The number of hydrogen-bond donors (Lipinski definition) is 1. The van der Waals surface area contributed by atoms with Gasteiger partial charge in [-0.25, -0.2) is 0 Å². The highest BCUT2D eigenvalue weighted by atomic mass is 16.3. The molecule has 0 spiro atoms. The van der Waals surface area contributed by atoms with Crippen LogP contribution in [0.5, 0.6) is 0 Å². The van der Waals surface area contributed by atoms with Gasteiger partial charge in [-0.15, -0.1) is 0 Å². The minimum absolute atomic E-state index is 0.0439. The number of aliphatic hydroxyl groups is 1. The molecule has 1 atom stereocenters. The van der Waals surface area contributed by atoms with Crippen molar-refractivity contribution < 1.29 is 5.11 Å². The van der Waals surface area contributed by atoms with Crippen molar-refractivity contribution in [2.75, 3.05) is 18.1 Å². The number of piperidine rings is 1. The van der Waals surface area contributed by atoms with Gasteiger partial charge in [-0.2, -0.15) is 0 Å². The van der Waals surface area contributed by atoms with E-state index in [0.717, 1.165) is 13.0 Å². The SMILES string of the molecule is Cc1ccc(N2CCCC(CO)C2(C)C)cc1. The molecule has 1 aliphatic heterocycles. The van der Waals surface area contributed by atoms with Crippen LogP contribution in [0.4, 0.5) is 5.69 Å². The first-order valence-corrected chi connectivity index (χ1v) is 6.51. The van der Waals surface area contributed by atoms with Crippen molar-refractivity contribution in [2.24, 2.45) is 5.92 Å². The maximum Gasteiger partial charge on any atom is 0.0481 e. The second-order valence-corrected chi connectivity index (χ2v) is 5.66. The lowest BCUT2D eigenvalue weighted by atomic mass is 9.79. The molecule has 0 amide bonds. The average Bonchev–Trinajstić information content (AvgIpc) is 2.30. The summed E-state index contributed by atoms with van der Waals surface area (Å²) in [6.07, 6.45) is 2.30. The third-order valence-corrected chi connectivity index (χ3v) is 4.20. The van der Waals surface area contributed by atoms with Gasteiger partial charge in [0, 0.05) is 30.3 Å². The van der Waals surface area contributed by atoms with Gasteiger partial charge >= 0.3 is 0 Å². The van der Waals surface area contributed by atoms with Crippen LogP contribution < -0.4 is 4.90 Å². The van der Waals surface area contributed by atoms with E-state index in [1.54, 1.807) is 0 Å². The molecule has 0 radical (unpaired) electrons. The minimum atomic E-state index is 0.0439. The summed E-state index contributed by atoms with van der Waals surface area (Å²) in [7, 11) is 0. The predicted molar refractivity (Wildman–Crippen MR) is 72.4 cm³/mol. The summed E-state index contributed by atoms with van der Waals surface area (Å²) in [6, 6.07) is 8.70. The molecule has 1 heterocycles. The Morgan fingerprint density at radius 3 is 2.53 bits per heavy atom. The highest BCUT2D eigenvalue weighted by molar-refractivity contribution is 5.50. The number of aryl methyl sites for hydroxylation is 1. The molecule has 2 nitrogen and oxygen atoms in total. The zero-order valence-corrected chi connectivity index (χ0v) is 11.1. The Bertz CT molecular complexity index is 369. The fraction of sp³-hybridized carbons (Fsp3) is 0.600. The molecule has 1 fully saturated rings. The number of aliphatic hydroxyl groups excluding tert-OH is 1. The number of hydrogen-bond acceptors (Lipinski definition) is 2. The van der Waals surface area contributed by atoms with E-state index >= 15 is 0 Å². The fourth-order valence-corrected chi connectivity index (χ4v) is 2.86. The van der Waals surface area contributed by atoms with Gasteiger partial charge in [0.2, 0.25) is 0 Å². The van der Waals surface area contributed by atoms with Crippen LogP contribution in [0.15, 0.2) is 24.3 Å². The van der Waals surface area contributed by atoms with E-state index in [0.29, 0.717) is 5.92 Å². The van der Waals surface area contributed by atoms with Crippen molar-refractivity contribution in [3.8, 4) is 0 Å². The standard InChI is InChI=1S/C15H23NO/c1-12-6-8-14(9-7-12)16-10-4-5-13(11-17)15(16,2)3/h6-9,13,17H,4-5,10-11H2,1-3H3. The summed E-state index contributed by atoms with van der Waals surface area (Å²) < 4.78 is 0. The Morgan fingerprint density at radius 2 is 1.94 bits per heavy atom. The summed E-state index contributed by atoms with van der Waals surface area (Å²) in [5.74, 6) is 0.373. The molecule has 0 bridgehead atoms. The monoisotopic (exact) mass is 233 g/mol. The van der Waals surface area contributed by atoms with Crippen LogP contribution in [0.3, 0.4) is 0 Å². The maximum absolute atomic E-state index is 9.51. The molecule has 2 heteroatoms. The molecule has 1 aliphatic rings. The Labute approximate surface area is 104 Å². The number of anilines is 1. The molecule has 1 unspecified atom stereocenters. The van der Waals surface area contributed by atoms with Gasteiger partial charge in [-0.1, -0.05) is 17.7 Å². The van der Waals surface area contributed by atoms with E-state index in [2.05, 4.69) is 49.9 Å². The zero-order valence-electron chi connectivity index (χ0n) is 11.1. The molecule has 1 aromatic carbocycles. The van der Waals surface area contributed by atoms with Gasteiger partial charge in [-0.3, -0.25) is 0 Å². The Hall–Kier alpha value is -1.02. The largest absolute Gasteiger partial charge is 0.396 e. The highest BCUT2D eigenvalue weighted by Gasteiger charge is 2.37. The van der Waals surface area contributed by atoms with Crippen molar-refractivity contribution in [2.45, 2.75) is 39.2 Å². The minimum Gasteiger partial charge on any atom is -0.396 e. The van der Waals surface area contributed by atoms with Crippen molar-refractivity contribution in [1.29, 1.82) is 0 Å². The van der Waals surface area contributed by atoms with Crippen LogP contribution in [0.2, 0.25) is 0 Å². The first-order chi connectivity index (χ1) is 8.05. The van der Waals surface area contributed by atoms with Gasteiger partial charge in [0.15, 0.2) is 0 Å². The van der Waals surface area contributed by atoms with E-state index in [9.17, 15) is 5.11 Å². The first kappa shape index (κ1) is 12.4. The van der Waals surface area contributed by atoms with Crippen LogP contribution in [0.25, 0.3) is 0 Å². The van der Waals surface area contributed by atoms with Gasteiger partial charge < -0.3 is 10.0 Å². The molecule has 94 valence electrons. The first-order valence-electron chi connectivity index (χ1n) is 6.51. The van der Waals surface area contributed by atoms with Crippen LogP contribution >= 0.6 is 0 Å². The van der Waals surface area contributed by atoms with Gasteiger partial charge in [0.25, 0.3) is 0 Å². The van der Waals surface area contributed by atoms with Crippen molar-refractivity contribution in [3.63, 3.8) is 0 Å². The average molecular weight is 233 g/mol. The molecular weight excluding hydrogens is 210 g/mol. The topological polar surface area (TPSA) is 23.5 Å². The second-order valence-electron chi connectivity index (χ2n) is 5.66. The third kappa shape index (κ3) is 2.32. The molecule has 1 N–H and O–H groups in total. The normalized spacial score (nSPS) is 23.8. The molecule has 0 aromatic heterocycles.